The first-order valence-electron chi connectivity index (χ1n) is 9.39. The van der Waals surface area contributed by atoms with Gasteiger partial charge in [0.2, 0.25) is 6.29 Å². The van der Waals surface area contributed by atoms with E-state index in [1.165, 1.54) is 6.07 Å². The van der Waals surface area contributed by atoms with Crippen LogP contribution in [0.3, 0.4) is 0 Å². The van der Waals surface area contributed by atoms with E-state index in [9.17, 15) is 19.9 Å². The molecule has 0 spiro atoms. The van der Waals surface area contributed by atoms with Crippen LogP contribution in [0.4, 0.5) is 0 Å². The van der Waals surface area contributed by atoms with E-state index < -0.39 is 45.1 Å². The summed E-state index contributed by atoms with van der Waals surface area (Å²) >= 11 is 6.32. The van der Waals surface area contributed by atoms with E-state index in [1.807, 2.05) is 6.07 Å². The number of aliphatic hydroxyl groups is 3. The van der Waals surface area contributed by atoms with Crippen LogP contribution in [0.2, 0.25) is 5.02 Å². The zero-order valence-electron chi connectivity index (χ0n) is 16.9. The predicted molar refractivity (Wildman–Crippen MR) is 113 cm³/mol. The molecule has 7 N–H and O–H groups in total. The third kappa shape index (κ3) is 5.88. The number of benzene rings is 2. The van der Waals surface area contributed by atoms with Gasteiger partial charge in [0.15, 0.2) is 0 Å². The first kappa shape index (κ1) is 25.5. The van der Waals surface area contributed by atoms with Crippen molar-refractivity contribution in [1.29, 1.82) is 5.26 Å². The van der Waals surface area contributed by atoms with E-state index in [1.54, 1.807) is 36.4 Å². The van der Waals surface area contributed by atoms with Gasteiger partial charge in [-0.3, -0.25) is 4.52 Å². The smallest absolute Gasteiger partial charge is 0.460 e. The second-order valence-corrected chi connectivity index (χ2v) is 8.90. The molecule has 0 bridgehead atoms. The summed E-state index contributed by atoms with van der Waals surface area (Å²) in [5.74, 6) is 9.70. The normalized spacial score (nSPS) is 25.4. The summed E-state index contributed by atoms with van der Waals surface area (Å²) in [6, 6.07) is 13.7. The van der Waals surface area contributed by atoms with Crippen molar-refractivity contribution < 1.29 is 43.1 Å². The molecule has 1 fully saturated rings. The Morgan fingerprint density at radius 2 is 1.67 bits per heavy atom. The van der Waals surface area contributed by atoms with Crippen LogP contribution >= 0.6 is 19.4 Å². The van der Waals surface area contributed by atoms with E-state index in [-0.39, 0.29) is 10.8 Å². The second kappa shape index (κ2) is 10.9. The third-order valence-electron chi connectivity index (χ3n) is 4.85. The average Bonchev–Trinajstić information content (AvgIpc) is 2.84. The molecule has 33 heavy (non-hydrogen) atoms. The first-order chi connectivity index (χ1) is 15.7. The standard InChI is InChI=1S/C19H21ClN3O9P/c20-13-7-12(11-3-1-10(8-21)2-4-11)5-6-14(13)29-19-18(26)17(25)16(24)15(30-19)9-28-33(27,31-22)32-23/h1-7,15-19,24-26H,9,22-23H2/t15-,16-,17+,18+,19+/m1/s1. The molecule has 0 radical (unpaired) electrons. The highest BCUT2D eigenvalue weighted by Crippen LogP contribution is 2.46. The van der Waals surface area contributed by atoms with Crippen molar-refractivity contribution in [2.45, 2.75) is 30.7 Å². The monoisotopic (exact) mass is 501 g/mol. The van der Waals surface area contributed by atoms with Crippen molar-refractivity contribution in [2.75, 3.05) is 6.61 Å². The Bertz CT molecular complexity index is 1040. The van der Waals surface area contributed by atoms with Gasteiger partial charge in [0.1, 0.15) is 30.2 Å². The van der Waals surface area contributed by atoms with Crippen LogP contribution in [0.5, 0.6) is 5.75 Å². The van der Waals surface area contributed by atoms with E-state index in [0.29, 0.717) is 5.56 Å². The number of phosphoric acid groups is 1. The van der Waals surface area contributed by atoms with E-state index in [2.05, 4.69) is 9.25 Å². The lowest BCUT2D eigenvalue weighted by Crippen LogP contribution is -2.60. The Hall–Kier alpha value is -2.11. The van der Waals surface area contributed by atoms with Gasteiger partial charge in [-0.2, -0.15) is 14.5 Å². The van der Waals surface area contributed by atoms with Crippen molar-refractivity contribution in [3.8, 4) is 22.9 Å². The highest BCUT2D eigenvalue weighted by molar-refractivity contribution is 7.48. The number of rotatable bonds is 8. The van der Waals surface area contributed by atoms with Gasteiger partial charge in [0.25, 0.3) is 0 Å². The number of hydrogen-bond donors (Lipinski definition) is 5. The number of nitrogens with zero attached hydrogens (tertiary/aromatic N) is 1. The van der Waals surface area contributed by atoms with Gasteiger partial charge in [0, 0.05) is 0 Å². The van der Waals surface area contributed by atoms with Crippen LogP contribution in [-0.4, -0.2) is 52.6 Å². The minimum Gasteiger partial charge on any atom is -0.460 e. The summed E-state index contributed by atoms with van der Waals surface area (Å²) in [4.78, 5) is 0. The van der Waals surface area contributed by atoms with Gasteiger partial charge in [0.05, 0.1) is 23.3 Å². The lowest BCUT2D eigenvalue weighted by Gasteiger charge is -2.40. The maximum atomic E-state index is 11.8. The summed E-state index contributed by atoms with van der Waals surface area (Å²) < 4.78 is 35.7. The van der Waals surface area contributed by atoms with Crippen molar-refractivity contribution in [3.63, 3.8) is 0 Å². The molecular weight excluding hydrogens is 481 g/mol. The zero-order valence-corrected chi connectivity index (χ0v) is 18.5. The fraction of sp³-hybridized carbons (Fsp3) is 0.316. The number of halogens is 1. The Morgan fingerprint density at radius 1 is 1.03 bits per heavy atom. The minimum atomic E-state index is -4.30. The van der Waals surface area contributed by atoms with Crippen LogP contribution in [0.25, 0.3) is 11.1 Å². The molecule has 1 heterocycles. The van der Waals surface area contributed by atoms with Crippen LogP contribution in [0, 0.1) is 11.3 Å². The molecule has 178 valence electrons. The highest BCUT2D eigenvalue weighted by atomic mass is 35.5. The molecule has 2 aromatic carbocycles. The molecule has 5 atom stereocenters. The van der Waals surface area contributed by atoms with E-state index >= 15 is 0 Å². The number of aliphatic hydroxyl groups excluding tert-OH is 3. The number of ether oxygens (including phenoxy) is 2. The van der Waals surface area contributed by atoms with Gasteiger partial charge < -0.3 is 24.8 Å². The molecule has 0 unspecified atom stereocenters. The Morgan fingerprint density at radius 3 is 2.24 bits per heavy atom. The quantitative estimate of drug-likeness (QED) is 0.254. The summed E-state index contributed by atoms with van der Waals surface area (Å²) in [6.45, 7) is -0.637. The molecule has 0 aliphatic carbocycles. The van der Waals surface area contributed by atoms with Crippen molar-refractivity contribution in [1.82, 2.24) is 0 Å². The maximum Gasteiger partial charge on any atom is 0.507 e. The third-order valence-corrected chi connectivity index (χ3v) is 6.12. The molecule has 1 saturated heterocycles. The highest BCUT2D eigenvalue weighted by Gasteiger charge is 2.46. The molecule has 1 aliphatic rings. The molecule has 0 saturated carbocycles. The fourth-order valence-corrected chi connectivity index (χ4v) is 3.77. The first-order valence-corrected chi connectivity index (χ1v) is 11.2. The van der Waals surface area contributed by atoms with Crippen molar-refractivity contribution in [2.24, 2.45) is 11.8 Å². The topological polar surface area (TPSA) is 200 Å². The molecule has 1 aliphatic heterocycles. The molecule has 0 amide bonds. The van der Waals surface area contributed by atoms with Gasteiger partial charge in [-0.15, -0.1) is 0 Å². The number of nitriles is 1. The van der Waals surface area contributed by atoms with Gasteiger partial charge in [-0.1, -0.05) is 29.8 Å². The van der Waals surface area contributed by atoms with Gasteiger partial charge in [-0.25, -0.2) is 16.4 Å². The number of nitrogens with two attached hydrogens (primary N) is 2. The van der Waals surface area contributed by atoms with Crippen molar-refractivity contribution >= 4 is 19.4 Å². The summed E-state index contributed by atoms with van der Waals surface area (Å²) in [6.07, 6.45) is -7.81. The Balaban J connectivity index is 1.74. The minimum absolute atomic E-state index is 0.114. The van der Waals surface area contributed by atoms with Crippen LogP contribution < -0.4 is 16.5 Å². The largest absolute Gasteiger partial charge is 0.507 e. The lowest BCUT2D eigenvalue weighted by molar-refractivity contribution is -0.276. The lowest BCUT2D eigenvalue weighted by atomic mass is 9.99. The summed E-state index contributed by atoms with van der Waals surface area (Å²) in [5.41, 5.74) is 2.06. The Kier molecular flexibility index (Phi) is 8.41. The average molecular weight is 502 g/mol. The van der Waals surface area contributed by atoms with Crippen LogP contribution in [-0.2, 0) is 23.1 Å². The van der Waals surface area contributed by atoms with E-state index in [0.717, 1.165) is 11.1 Å². The summed E-state index contributed by atoms with van der Waals surface area (Å²) in [5, 5.41) is 39.6. The molecule has 0 aromatic heterocycles. The molecule has 3 rings (SSSR count). The van der Waals surface area contributed by atoms with Gasteiger partial charge in [-0.05, 0) is 35.4 Å². The SMILES string of the molecule is N#Cc1ccc(-c2ccc(O[C@H]3O[C@H](COP(=O)(ON)ON)[C@@H](O)[C@H](O)[C@@H]3O)c(Cl)c2)cc1. The zero-order chi connectivity index (χ0) is 24.2. The predicted octanol–water partition coefficient (Wildman–Crippen LogP) is 0.970. The van der Waals surface area contributed by atoms with Crippen LogP contribution in [0.1, 0.15) is 5.56 Å². The second-order valence-electron chi connectivity index (χ2n) is 6.92. The van der Waals surface area contributed by atoms with Crippen LogP contribution in [0.15, 0.2) is 42.5 Å². The Labute approximate surface area is 193 Å². The summed E-state index contributed by atoms with van der Waals surface area (Å²) in [7, 11) is -4.30. The van der Waals surface area contributed by atoms with E-state index in [4.69, 9.17) is 42.7 Å². The fourth-order valence-electron chi connectivity index (χ4n) is 3.04. The van der Waals surface area contributed by atoms with Crippen molar-refractivity contribution in [3.05, 3.63) is 53.1 Å². The maximum absolute atomic E-state index is 11.8. The molecule has 2 aromatic rings. The number of hydrogen-bond acceptors (Lipinski definition) is 12. The molecule has 12 nitrogen and oxygen atoms in total. The van der Waals surface area contributed by atoms with Gasteiger partial charge >= 0.3 is 7.82 Å². The molecule has 14 heteroatoms. The molecular formula is C19H21ClN3O9P.